The molecule has 1 atom stereocenters. The highest BCUT2D eigenvalue weighted by Gasteiger charge is 2.18. The molecule has 2 rings (SSSR count). The Labute approximate surface area is 113 Å². The number of rotatable bonds is 5. The van der Waals surface area contributed by atoms with Gasteiger partial charge in [-0.3, -0.25) is 9.69 Å². The molecule has 1 aliphatic rings. The van der Waals surface area contributed by atoms with Gasteiger partial charge in [0.05, 0.1) is 6.42 Å². The van der Waals surface area contributed by atoms with E-state index in [1.165, 1.54) is 18.9 Å². The van der Waals surface area contributed by atoms with E-state index < -0.39 is 0 Å². The van der Waals surface area contributed by atoms with Gasteiger partial charge in [-0.05, 0) is 44.5 Å². The molecule has 0 radical (unpaired) electrons. The first kappa shape index (κ1) is 14.0. The fourth-order valence-corrected chi connectivity index (χ4v) is 2.45. The van der Waals surface area contributed by atoms with Crippen molar-refractivity contribution in [3.05, 3.63) is 35.6 Å². The maximum absolute atomic E-state index is 13.4. The van der Waals surface area contributed by atoms with Crippen molar-refractivity contribution in [3.8, 4) is 0 Å². The third-order valence-electron chi connectivity index (χ3n) is 3.67. The number of amides is 1. The lowest BCUT2D eigenvalue weighted by Crippen LogP contribution is -2.41. The van der Waals surface area contributed by atoms with Crippen LogP contribution in [0.25, 0.3) is 0 Å². The van der Waals surface area contributed by atoms with E-state index in [2.05, 4.69) is 17.1 Å². The third-order valence-corrected chi connectivity index (χ3v) is 3.67. The van der Waals surface area contributed by atoms with Crippen molar-refractivity contribution in [2.45, 2.75) is 32.2 Å². The summed E-state index contributed by atoms with van der Waals surface area (Å²) in [6, 6.07) is 6.77. The summed E-state index contributed by atoms with van der Waals surface area (Å²) in [4.78, 5) is 14.2. The lowest BCUT2D eigenvalue weighted by molar-refractivity contribution is -0.120. The van der Waals surface area contributed by atoms with Gasteiger partial charge in [0, 0.05) is 12.6 Å². The smallest absolute Gasteiger partial charge is 0.224 e. The first-order valence-electron chi connectivity index (χ1n) is 6.91. The van der Waals surface area contributed by atoms with Gasteiger partial charge in [-0.15, -0.1) is 0 Å². The van der Waals surface area contributed by atoms with Crippen LogP contribution in [0.5, 0.6) is 0 Å². The highest BCUT2D eigenvalue weighted by atomic mass is 19.1. The average Bonchev–Trinajstić information content (AvgIpc) is 2.93. The number of nitrogens with one attached hydrogen (secondary N) is 1. The quantitative estimate of drug-likeness (QED) is 0.882. The van der Waals surface area contributed by atoms with Crippen LogP contribution < -0.4 is 5.32 Å². The van der Waals surface area contributed by atoms with Gasteiger partial charge in [0.25, 0.3) is 0 Å². The second-order valence-electron chi connectivity index (χ2n) is 5.16. The van der Waals surface area contributed by atoms with Crippen molar-refractivity contribution in [1.29, 1.82) is 0 Å². The van der Waals surface area contributed by atoms with Gasteiger partial charge >= 0.3 is 0 Å². The molecule has 1 aromatic rings. The van der Waals surface area contributed by atoms with Gasteiger partial charge in [0.15, 0.2) is 0 Å². The summed E-state index contributed by atoms with van der Waals surface area (Å²) in [5.41, 5.74) is 0.453. The molecule has 1 aliphatic heterocycles. The van der Waals surface area contributed by atoms with Crippen LogP contribution in [0.1, 0.15) is 25.3 Å². The number of hydrogen-bond acceptors (Lipinski definition) is 2. The molecule has 1 amide bonds. The second-order valence-corrected chi connectivity index (χ2v) is 5.16. The number of nitrogens with zero attached hydrogens (tertiary/aromatic N) is 1. The Morgan fingerprint density at radius 1 is 1.37 bits per heavy atom. The summed E-state index contributed by atoms with van der Waals surface area (Å²) in [6.07, 6.45) is 2.60. The van der Waals surface area contributed by atoms with E-state index in [0.29, 0.717) is 18.2 Å². The number of hydrogen-bond donors (Lipinski definition) is 1. The van der Waals surface area contributed by atoms with Crippen LogP contribution in [0.2, 0.25) is 0 Å². The highest BCUT2D eigenvalue weighted by molar-refractivity contribution is 5.78. The molecule has 0 bridgehead atoms. The van der Waals surface area contributed by atoms with Gasteiger partial charge in [-0.25, -0.2) is 4.39 Å². The van der Waals surface area contributed by atoms with Gasteiger partial charge < -0.3 is 5.32 Å². The zero-order valence-electron chi connectivity index (χ0n) is 11.4. The SMILES string of the molecule is CC(CNC(=O)Cc1ccccc1F)N1CCCC1. The van der Waals surface area contributed by atoms with Crippen LogP contribution in [0.15, 0.2) is 24.3 Å². The summed E-state index contributed by atoms with van der Waals surface area (Å²) in [7, 11) is 0. The van der Waals surface area contributed by atoms with Crippen molar-refractivity contribution in [3.63, 3.8) is 0 Å². The molecule has 0 saturated carbocycles. The van der Waals surface area contributed by atoms with E-state index in [1.54, 1.807) is 18.2 Å². The molecule has 0 aliphatic carbocycles. The lowest BCUT2D eigenvalue weighted by Gasteiger charge is -2.23. The minimum absolute atomic E-state index is 0.111. The molecule has 0 spiro atoms. The van der Waals surface area contributed by atoms with Crippen molar-refractivity contribution < 1.29 is 9.18 Å². The third kappa shape index (κ3) is 4.03. The van der Waals surface area contributed by atoms with E-state index in [9.17, 15) is 9.18 Å². The Morgan fingerprint density at radius 2 is 2.05 bits per heavy atom. The largest absolute Gasteiger partial charge is 0.354 e. The number of benzene rings is 1. The predicted molar refractivity (Wildman–Crippen MR) is 73.4 cm³/mol. The standard InChI is InChI=1S/C15H21FN2O/c1-12(18-8-4-5-9-18)11-17-15(19)10-13-6-2-3-7-14(13)16/h2-3,6-7,12H,4-5,8-11H2,1H3,(H,17,19). The van der Waals surface area contributed by atoms with Crippen LogP contribution >= 0.6 is 0 Å². The van der Waals surface area contributed by atoms with E-state index in [4.69, 9.17) is 0 Å². The summed E-state index contributed by atoms with van der Waals surface area (Å²) in [6.45, 7) is 4.98. The number of carbonyl (C=O) groups excluding carboxylic acids is 1. The summed E-state index contributed by atoms with van der Waals surface area (Å²) in [5.74, 6) is -0.429. The van der Waals surface area contributed by atoms with Crippen LogP contribution in [-0.4, -0.2) is 36.5 Å². The maximum Gasteiger partial charge on any atom is 0.224 e. The summed E-state index contributed by atoms with van der Waals surface area (Å²) < 4.78 is 13.4. The Bertz CT molecular complexity index is 430. The molecule has 19 heavy (non-hydrogen) atoms. The van der Waals surface area contributed by atoms with Crippen molar-refractivity contribution >= 4 is 5.91 Å². The topological polar surface area (TPSA) is 32.3 Å². The second kappa shape index (κ2) is 6.66. The van der Waals surface area contributed by atoms with Crippen molar-refractivity contribution in [2.75, 3.05) is 19.6 Å². The molecular formula is C15H21FN2O. The van der Waals surface area contributed by atoms with Crippen LogP contribution in [-0.2, 0) is 11.2 Å². The van der Waals surface area contributed by atoms with Crippen LogP contribution in [0.3, 0.4) is 0 Å². The van der Waals surface area contributed by atoms with Gasteiger partial charge in [0.2, 0.25) is 5.91 Å². The normalized spacial score (nSPS) is 17.4. The molecule has 1 N–H and O–H groups in total. The van der Waals surface area contributed by atoms with E-state index in [-0.39, 0.29) is 18.1 Å². The molecule has 1 fully saturated rings. The van der Waals surface area contributed by atoms with Crippen LogP contribution in [0, 0.1) is 5.82 Å². The van der Waals surface area contributed by atoms with Gasteiger partial charge in [0.1, 0.15) is 5.82 Å². The maximum atomic E-state index is 13.4. The summed E-state index contributed by atoms with van der Waals surface area (Å²) in [5, 5.41) is 2.89. The molecule has 3 nitrogen and oxygen atoms in total. The minimum atomic E-state index is -0.315. The molecule has 0 aromatic heterocycles. The zero-order valence-corrected chi connectivity index (χ0v) is 11.4. The average molecular weight is 264 g/mol. The van der Waals surface area contributed by atoms with E-state index in [0.717, 1.165) is 13.1 Å². The fourth-order valence-electron chi connectivity index (χ4n) is 2.45. The molecular weight excluding hydrogens is 243 g/mol. The zero-order chi connectivity index (χ0) is 13.7. The molecule has 4 heteroatoms. The fraction of sp³-hybridized carbons (Fsp3) is 0.533. The molecule has 1 aromatic carbocycles. The van der Waals surface area contributed by atoms with Gasteiger partial charge in [-0.1, -0.05) is 18.2 Å². The Hall–Kier alpha value is -1.42. The summed E-state index contributed by atoms with van der Waals surface area (Å²) >= 11 is 0. The Balaban J connectivity index is 1.77. The Kier molecular flexibility index (Phi) is 4.91. The number of halogens is 1. The molecule has 1 unspecified atom stereocenters. The minimum Gasteiger partial charge on any atom is -0.354 e. The van der Waals surface area contributed by atoms with E-state index in [1.807, 2.05) is 0 Å². The van der Waals surface area contributed by atoms with Crippen molar-refractivity contribution in [1.82, 2.24) is 10.2 Å². The molecule has 1 saturated heterocycles. The van der Waals surface area contributed by atoms with E-state index >= 15 is 0 Å². The monoisotopic (exact) mass is 264 g/mol. The molecule has 1 heterocycles. The number of carbonyl (C=O) groups is 1. The highest BCUT2D eigenvalue weighted by Crippen LogP contribution is 2.11. The first-order valence-corrected chi connectivity index (χ1v) is 6.91. The van der Waals surface area contributed by atoms with Crippen LogP contribution in [0.4, 0.5) is 4.39 Å². The lowest BCUT2D eigenvalue weighted by atomic mass is 10.1. The first-order chi connectivity index (χ1) is 9.16. The van der Waals surface area contributed by atoms with Crippen molar-refractivity contribution in [2.24, 2.45) is 0 Å². The predicted octanol–water partition coefficient (Wildman–Crippen LogP) is 1.97. The number of likely N-dealkylation sites (tertiary alicyclic amines) is 1. The van der Waals surface area contributed by atoms with Gasteiger partial charge in [-0.2, -0.15) is 0 Å². The molecule has 104 valence electrons. The Morgan fingerprint density at radius 3 is 2.74 bits per heavy atom.